The van der Waals surface area contributed by atoms with Crippen LogP contribution in [0.1, 0.15) is 48.1 Å². The van der Waals surface area contributed by atoms with Crippen LogP contribution < -0.4 is 42.4 Å². The summed E-state index contributed by atoms with van der Waals surface area (Å²) in [6.45, 7) is 11.7. The first-order chi connectivity index (χ1) is 10.0. The van der Waals surface area contributed by atoms with E-state index in [0.29, 0.717) is 0 Å². The molecule has 0 saturated carbocycles. The Labute approximate surface area is 190 Å². The monoisotopic (exact) mass is 450 g/mol. The van der Waals surface area contributed by atoms with Gasteiger partial charge in [0.2, 0.25) is 0 Å². The quantitative estimate of drug-likeness (QED) is 0.305. The molecule has 0 N–H and O–H groups in total. The van der Waals surface area contributed by atoms with E-state index in [0.717, 1.165) is 5.92 Å². The van der Waals surface area contributed by atoms with Crippen LogP contribution in [0, 0.1) is 26.7 Å². The zero-order valence-electron chi connectivity index (χ0n) is 15.9. The van der Waals surface area contributed by atoms with E-state index in [1.807, 2.05) is 0 Å². The molecule has 0 aromatic heterocycles. The molecule has 0 radical (unpaired) electrons. The summed E-state index contributed by atoms with van der Waals surface area (Å²) in [4.78, 5) is 0. The zero-order valence-corrected chi connectivity index (χ0v) is 21.2. The molecule has 0 aliphatic carbocycles. The van der Waals surface area contributed by atoms with Gasteiger partial charge in [0.05, 0.1) is 0 Å². The third-order valence-electron chi connectivity index (χ3n) is 5.15. The molecule has 2 aromatic rings. The maximum atomic E-state index is 2.38. The number of hydrogen-bond acceptors (Lipinski definition) is 0. The third kappa shape index (κ3) is 7.87. The van der Waals surface area contributed by atoms with E-state index in [-0.39, 0.29) is 68.5 Å². The van der Waals surface area contributed by atoms with Crippen molar-refractivity contribution >= 4 is 14.7 Å². The van der Waals surface area contributed by atoms with E-state index < -0.39 is 0 Å². The average Bonchev–Trinajstić information content (AvgIpc) is 2.71. The van der Waals surface area contributed by atoms with Crippen LogP contribution in [0.4, 0.5) is 0 Å². The van der Waals surface area contributed by atoms with E-state index in [2.05, 4.69) is 65.0 Å². The van der Waals surface area contributed by atoms with Gasteiger partial charge in [-0.25, -0.2) is 0 Å². The predicted molar refractivity (Wildman–Crippen MR) is 97.7 cm³/mol. The van der Waals surface area contributed by atoms with Crippen molar-refractivity contribution < 1.29 is 58.9 Å². The SMILES string of the molecule is CCC(C)Cc1c(C)c(C)c(C)[c-]1C[SiH2]c1ccccc1.[Cl-].[Cl-].[Cl-].[Ti+4]. The molecule has 0 bridgehead atoms. The van der Waals surface area contributed by atoms with Crippen molar-refractivity contribution in [3.63, 3.8) is 0 Å². The molecule has 0 heterocycles. The molecule has 0 amide bonds. The first kappa shape index (κ1) is 30.1. The van der Waals surface area contributed by atoms with Crippen LogP contribution in [-0.2, 0) is 34.2 Å². The van der Waals surface area contributed by atoms with Crippen molar-refractivity contribution in [2.24, 2.45) is 5.92 Å². The second kappa shape index (κ2) is 14.4. The van der Waals surface area contributed by atoms with Crippen LogP contribution in [-0.4, -0.2) is 9.52 Å². The molecule has 1 unspecified atom stereocenters. The largest absolute Gasteiger partial charge is 4.00 e. The molecule has 2 rings (SSSR count). The van der Waals surface area contributed by atoms with Crippen molar-refractivity contribution in [2.45, 2.75) is 53.5 Å². The average molecular weight is 452 g/mol. The Bertz CT molecular complexity index is 597. The van der Waals surface area contributed by atoms with Gasteiger partial charge in [0.15, 0.2) is 0 Å². The van der Waals surface area contributed by atoms with E-state index in [1.54, 1.807) is 27.4 Å². The van der Waals surface area contributed by atoms with Crippen LogP contribution in [0.3, 0.4) is 0 Å². The van der Waals surface area contributed by atoms with Crippen LogP contribution >= 0.6 is 0 Å². The van der Waals surface area contributed by atoms with Gasteiger partial charge in [-0.05, 0) is 12.3 Å². The molecule has 0 aliphatic heterocycles. The maximum absolute atomic E-state index is 2.38. The Balaban J connectivity index is -0.00000121. The van der Waals surface area contributed by atoms with Gasteiger partial charge in [-0.3, -0.25) is 0 Å². The minimum atomic E-state index is -0.195. The molecule has 138 valence electrons. The number of halogens is 3. The van der Waals surface area contributed by atoms with Gasteiger partial charge in [0.25, 0.3) is 0 Å². The fraction of sp³-hybridized carbons (Fsp3) is 0.450. The van der Waals surface area contributed by atoms with Crippen molar-refractivity contribution in [3.05, 3.63) is 58.1 Å². The van der Waals surface area contributed by atoms with Gasteiger partial charge >= 0.3 is 21.7 Å². The summed E-state index contributed by atoms with van der Waals surface area (Å²) < 4.78 is 0. The molecular formula is C20H29Cl3SiTi. The van der Waals surface area contributed by atoms with Gasteiger partial charge in [-0.1, -0.05) is 82.6 Å². The first-order valence-electron chi connectivity index (χ1n) is 8.32. The summed E-state index contributed by atoms with van der Waals surface area (Å²) in [6.07, 6.45) is 2.54. The van der Waals surface area contributed by atoms with Crippen molar-refractivity contribution in [3.8, 4) is 0 Å². The Morgan fingerprint density at radius 1 is 0.960 bits per heavy atom. The maximum Gasteiger partial charge on any atom is 4.00 e. The zero-order chi connectivity index (χ0) is 15.4. The van der Waals surface area contributed by atoms with Gasteiger partial charge in [-0.15, -0.1) is 0 Å². The van der Waals surface area contributed by atoms with Crippen molar-refractivity contribution in [2.75, 3.05) is 0 Å². The topological polar surface area (TPSA) is 0 Å². The van der Waals surface area contributed by atoms with E-state index >= 15 is 0 Å². The molecule has 0 aliphatic rings. The van der Waals surface area contributed by atoms with Gasteiger partial charge < -0.3 is 37.2 Å². The number of benzene rings is 1. The fourth-order valence-electron chi connectivity index (χ4n) is 3.21. The smallest absolute Gasteiger partial charge is 1.00 e. The summed E-state index contributed by atoms with van der Waals surface area (Å²) in [5.74, 6) is 0.794. The summed E-state index contributed by atoms with van der Waals surface area (Å²) in [5, 5.41) is 1.59. The second-order valence-electron chi connectivity index (χ2n) is 6.54. The molecule has 0 fully saturated rings. The summed E-state index contributed by atoms with van der Waals surface area (Å²) in [6, 6.07) is 12.4. The number of hydrogen-bond donors (Lipinski definition) is 0. The fourth-order valence-corrected chi connectivity index (χ4v) is 5.03. The minimum absolute atomic E-state index is 0. The van der Waals surface area contributed by atoms with Crippen molar-refractivity contribution in [1.29, 1.82) is 0 Å². The molecule has 2 aromatic carbocycles. The van der Waals surface area contributed by atoms with E-state index in [9.17, 15) is 0 Å². The summed E-state index contributed by atoms with van der Waals surface area (Å²) in [7, 11) is -0.195. The molecule has 0 spiro atoms. The first-order valence-corrected chi connectivity index (χ1v) is 10.0. The second-order valence-corrected chi connectivity index (χ2v) is 8.35. The Morgan fingerprint density at radius 2 is 1.52 bits per heavy atom. The van der Waals surface area contributed by atoms with Gasteiger partial charge in [-0.2, -0.15) is 27.8 Å². The van der Waals surface area contributed by atoms with E-state index in [1.165, 1.54) is 24.4 Å². The van der Waals surface area contributed by atoms with Crippen LogP contribution in [0.5, 0.6) is 0 Å². The van der Waals surface area contributed by atoms with Crippen molar-refractivity contribution in [1.82, 2.24) is 0 Å². The number of rotatable bonds is 6. The molecular weight excluding hydrogens is 423 g/mol. The standard InChI is InChI=1S/C20H29Si.3ClH.Ti/c1-6-14(2)12-19-16(4)15(3)17(5)20(19)13-21-18-10-8-7-9-11-18;;;;/h7-11,14H,6,12-13,21H2,1-5H3;3*1H;/q-1;;;;+4/p-3. The predicted octanol–water partition coefficient (Wildman–Crippen LogP) is -5.08. The molecule has 0 saturated heterocycles. The van der Waals surface area contributed by atoms with Gasteiger partial charge in [0.1, 0.15) is 0 Å². The Hall–Kier alpha value is 0.371. The van der Waals surface area contributed by atoms with Crippen LogP contribution in [0.2, 0.25) is 0 Å². The Morgan fingerprint density at radius 3 is 2.04 bits per heavy atom. The third-order valence-corrected chi connectivity index (χ3v) is 6.95. The van der Waals surface area contributed by atoms with Crippen LogP contribution in [0.15, 0.2) is 30.3 Å². The molecule has 5 heteroatoms. The summed E-state index contributed by atoms with van der Waals surface area (Å²) >= 11 is 0. The summed E-state index contributed by atoms with van der Waals surface area (Å²) in [5.41, 5.74) is 8.01. The molecule has 25 heavy (non-hydrogen) atoms. The normalized spacial score (nSPS) is 11.1. The minimum Gasteiger partial charge on any atom is -1.00 e. The van der Waals surface area contributed by atoms with Gasteiger partial charge in [0, 0.05) is 9.52 Å². The van der Waals surface area contributed by atoms with E-state index in [4.69, 9.17) is 0 Å². The van der Waals surface area contributed by atoms with Crippen LogP contribution in [0.25, 0.3) is 0 Å². The molecule has 0 nitrogen and oxygen atoms in total. The molecule has 1 atom stereocenters. The Kier molecular flexibility index (Phi) is 17.4.